The summed E-state index contributed by atoms with van der Waals surface area (Å²) in [6.45, 7) is 1.95. The van der Waals surface area contributed by atoms with E-state index in [0.717, 1.165) is 22.6 Å². The maximum atomic E-state index is 12.7. The van der Waals surface area contributed by atoms with Crippen LogP contribution in [-0.2, 0) is 0 Å². The van der Waals surface area contributed by atoms with Gasteiger partial charge < -0.3 is 15.4 Å². The Balaban J connectivity index is 1.41. The lowest BCUT2D eigenvalue weighted by Crippen LogP contribution is -2.26. The number of amides is 1. The van der Waals surface area contributed by atoms with Crippen molar-refractivity contribution in [2.24, 2.45) is 0 Å². The Hall–Kier alpha value is -4.19. The molecule has 2 N–H and O–H groups in total. The maximum absolute atomic E-state index is 12.7. The third-order valence-electron chi connectivity index (χ3n) is 5.05. The number of methoxy groups -OCH3 is 1. The van der Waals surface area contributed by atoms with Gasteiger partial charge in [-0.05, 0) is 55.0 Å². The summed E-state index contributed by atoms with van der Waals surface area (Å²) < 4.78 is 5.26. The highest BCUT2D eigenvalue weighted by atomic mass is 16.5. The van der Waals surface area contributed by atoms with Gasteiger partial charge in [-0.2, -0.15) is 0 Å². The van der Waals surface area contributed by atoms with Crippen molar-refractivity contribution in [3.05, 3.63) is 102 Å². The second kappa shape index (κ2) is 9.75. The zero-order valence-electron chi connectivity index (χ0n) is 17.9. The summed E-state index contributed by atoms with van der Waals surface area (Å²) in [6, 6.07) is 26.4. The molecule has 160 valence electrons. The Kier molecular flexibility index (Phi) is 6.41. The van der Waals surface area contributed by atoms with E-state index in [-0.39, 0.29) is 11.9 Å². The summed E-state index contributed by atoms with van der Waals surface area (Å²) in [7, 11) is 1.63. The van der Waals surface area contributed by atoms with Gasteiger partial charge in [0.1, 0.15) is 11.6 Å². The lowest BCUT2D eigenvalue weighted by Gasteiger charge is -2.15. The summed E-state index contributed by atoms with van der Waals surface area (Å²) >= 11 is 0. The summed E-state index contributed by atoms with van der Waals surface area (Å²) in [6.07, 6.45) is 1.72. The Morgan fingerprint density at radius 2 is 1.72 bits per heavy atom. The van der Waals surface area contributed by atoms with Gasteiger partial charge >= 0.3 is 0 Å². The highest BCUT2D eigenvalue weighted by molar-refractivity contribution is 5.94. The van der Waals surface area contributed by atoms with E-state index in [1.807, 2.05) is 79.7 Å². The van der Waals surface area contributed by atoms with Crippen molar-refractivity contribution < 1.29 is 9.53 Å². The number of nitrogens with one attached hydrogen (secondary N) is 2. The molecule has 1 heterocycles. The van der Waals surface area contributed by atoms with Crippen LogP contribution >= 0.6 is 0 Å². The third-order valence-corrected chi connectivity index (χ3v) is 5.05. The van der Waals surface area contributed by atoms with Crippen LogP contribution in [0, 0.1) is 0 Å². The number of rotatable bonds is 7. The smallest absolute Gasteiger partial charge is 0.251 e. The van der Waals surface area contributed by atoms with Gasteiger partial charge in [-0.3, -0.25) is 4.79 Å². The number of hydrogen-bond donors (Lipinski definition) is 2. The second-order valence-electron chi connectivity index (χ2n) is 7.31. The van der Waals surface area contributed by atoms with Gasteiger partial charge in [0.2, 0.25) is 0 Å². The van der Waals surface area contributed by atoms with Crippen LogP contribution in [0.2, 0.25) is 0 Å². The fourth-order valence-corrected chi connectivity index (χ4v) is 3.28. The van der Waals surface area contributed by atoms with Crippen LogP contribution in [0.5, 0.6) is 5.75 Å². The summed E-state index contributed by atoms with van der Waals surface area (Å²) in [5, 5.41) is 6.29. The van der Waals surface area contributed by atoms with Gasteiger partial charge in [-0.1, -0.05) is 42.5 Å². The Bertz CT molecular complexity index is 1190. The van der Waals surface area contributed by atoms with Crippen molar-refractivity contribution in [2.45, 2.75) is 13.0 Å². The fourth-order valence-electron chi connectivity index (χ4n) is 3.28. The van der Waals surface area contributed by atoms with Gasteiger partial charge in [-0.25, -0.2) is 9.97 Å². The van der Waals surface area contributed by atoms with Crippen LogP contribution in [0.4, 0.5) is 11.5 Å². The van der Waals surface area contributed by atoms with E-state index in [9.17, 15) is 4.79 Å². The van der Waals surface area contributed by atoms with Crippen LogP contribution in [0.1, 0.15) is 28.9 Å². The molecule has 4 aromatic rings. The first-order chi connectivity index (χ1) is 15.6. The Morgan fingerprint density at radius 1 is 0.938 bits per heavy atom. The minimum absolute atomic E-state index is 0.139. The fraction of sp³-hybridized carbons (Fsp3) is 0.115. The van der Waals surface area contributed by atoms with Crippen LogP contribution in [0.25, 0.3) is 11.4 Å². The highest BCUT2D eigenvalue weighted by Gasteiger charge is 2.12. The van der Waals surface area contributed by atoms with E-state index in [1.54, 1.807) is 25.4 Å². The molecule has 0 saturated heterocycles. The first kappa shape index (κ1) is 21.1. The second-order valence-corrected chi connectivity index (χ2v) is 7.31. The summed E-state index contributed by atoms with van der Waals surface area (Å²) in [5.41, 5.74) is 3.35. The van der Waals surface area contributed by atoms with Gasteiger partial charge in [0.25, 0.3) is 5.91 Å². The van der Waals surface area contributed by atoms with Crippen LogP contribution < -0.4 is 15.4 Å². The number of ether oxygens (including phenoxy) is 1. The molecule has 1 unspecified atom stereocenters. The Labute approximate surface area is 187 Å². The SMILES string of the molecule is COc1cccc(C(C)NC(=O)c2ccc(Nc3ccnc(-c4ccccc4)n3)cc2)c1. The van der Waals surface area contributed by atoms with Crippen LogP contribution in [0.3, 0.4) is 0 Å². The number of anilines is 2. The molecule has 0 fully saturated rings. The molecule has 0 aliphatic heterocycles. The summed E-state index contributed by atoms with van der Waals surface area (Å²) in [4.78, 5) is 21.6. The summed E-state index contributed by atoms with van der Waals surface area (Å²) in [5.74, 6) is 1.96. The Morgan fingerprint density at radius 3 is 2.47 bits per heavy atom. The third kappa shape index (κ3) is 5.10. The van der Waals surface area contributed by atoms with Gasteiger partial charge in [0, 0.05) is 23.0 Å². The molecule has 1 amide bonds. The molecule has 1 aromatic heterocycles. The van der Waals surface area contributed by atoms with E-state index in [2.05, 4.69) is 20.6 Å². The maximum Gasteiger partial charge on any atom is 0.251 e. The minimum atomic E-state index is -0.146. The molecule has 0 aliphatic rings. The number of carbonyl (C=O) groups is 1. The molecule has 6 nitrogen and oxygen atoms in total. The number of hydrogen-bond acceptors (Lipinski definition) is 5. The van der Waals surface area contributed by atoms with E-state index >= 15 is 0 Å². The van der Waals surface area contributed by atoms with E-state index in [4.69, 9.17) is 4.74 Å². The predicted molar refractivity (Wildman–Crippen MR) is 126 cm³/mol. The highest BCUT2D eigenvalue weighted by Crippen LogP contribution is 2.21. The lowest BCUT2D eigenvalue weighted by atomic mass is 10.1. The molecule has 0 saturated carbocycles. The molecule has 0 spiro atoms. The van der Waals surface area contributed by atoms with Crippen LogP contribution in [-0.4, -0.2) is 23.0 Å². The standard InChI is InChI=1S/C26H24N4O2/c1-18(21-9-6-10-23(17-21)32-2)28-26(31)20-11-13-22(14-12-20)29-24-15-16-27-25(30-24)19-7-4-3-5-8-19/h3-18H,1-2H3,(H,28,31)(H,27,29,30). The van der Waals surface area contributed by atoms with Crippen molar-refractivity contribution in [1.29, 1.82) is 0 Å². The van der Waals surface area contributed by atoms with Crippen molar-refractivity contribution in [3.63, 3.8) is 0 Å². The lowest BCUT2D eigenvalue weighted by molar-refractivity contribution is 0.0940. The number of aromatic nitrogens is 2. The first-order valence-electron chi connectivity index (χ1n) is 10.3. The average molecular weight is 425 g/mol. The monoisotopic (exact) mass is 424 g/mol. The van der Waals surface area contributed by atoms with Crippen molar-refractivity contribution >= 4 is 17.4 Å². The minimum Gasteiger partial charge on any atom is -0.497 e. The van der Waals surface area contributed by atoms with Gasteiger partial charge in [0.15, 0.2) is 5.82 Å². The largest absolute Gasteiger partial charge is 0.497 e. The normalized spacial score (nSPS) is 11.4. The number of carbonyl (C=O) groups excluding carboxylic acids is 1. The predicted octanol–water partition coefficient (Wildman–Crippen LogP) is 5.39. The van der Waals surface area contributed by atoms with Crippen molar-refractivity contribution in [3.8, 4) is 17.1 Å². The van der Waals surface area contributed by atoms with Crippen LogP contribution in [0.15, 0.2) is 91.1 Å². The van der Waals surface area contributed by atoms with Crippen molar-refractivity contribution in [2.75, 3.05) is 12.4 Å². The molecule has 0 bridgehead atoms. The van der Waals surface area contributed by atoms with E-state index in [1.165, 1.54) is 0 Å². The molecule has 4 rings (SSSR count). The van der Waals surface area contributed by atoms with Gasteiger partial charge in [-0.15, -0.1) is 0 Å². The van der Waals surface area contributed by atoms with E-state index in [0.29, 0.717) is 17.2 Å². The topological polar surface area (TPSA) is 76.1 Å². The molecule has 3 aromatic carbocycles. The number of benzene rings is 3. The zero-order chi connectivity index (χ0) is 22.3. The zero-order valence-corrected chi connectivity index (χ0v) is 17.9. The average Bonchev–Trinajstić information content (AvgIpc) is 2.85. The molecular weight excluding hydrogens is 400 g/mol. The molecule has 6 heteroatoms. The van der Waals surface area contributed by atoms with Crippen molar-refractivity contribution in [1.82, 2.24) is 15.3 Å². The molecule has 32 heavy (non-hydrogen) atoms. The first-order valence-corrected chi connectivity index (χ1v) is 10.3. The quantitative estimate of drug-likeness (QED) is 0.416. The van der Waals surface area contributed by atoms with E-state index < -0.39 is 0 Å². The van der Waals surface area contributed by atoms with Gasteiger partial charge in [0.05, 0.1) is 13.2 Å². The molecule has 0 radical (unpaired) electrons. The molecule has 1 atom stereocenters. The number of nitrogens with zero attached hydrogens (tertiary/aromatic N) is 2. The molecule has 0 aliphatic carbocycles. The molecular formula is C26H24N4O2.